The van der Waals surface area contributed by atoms with E-state index in [-0.39, 0.29) is 5.91 Å². The molecule has 2 heterocycles. The highest BCUT2D eigenvalue weighted by Crippen LogP contribution is 2.38. The summed E-state index contributed by atoms with van der Waals surface area (Å²) in [5.74, 6) is 0.687. The van der Waals surface area contributed by atoms with Crippen molar-refractivity contribution in [3.63, 3.8) is 0 Å². The second-order valence-electron chi connectivity index (χ2n) is 6.80. The average Bonchev–Trinajstić information content (AvgIpc) is 3.01. The second-order valence-corrected chi connectivity index (χ2v) is 6.80. The molecule has 1 saturated heterocycles. The first-order chi connectivity index (χ1) is 12.2. The largest absolute Gasteiger partial charge is 0.378 e. The molecular formula is C19H22N4O2. The lowest BCUT2D eigenvalue weighted by atomic mass is 9.86. The highest BCUT2D eigenvalue weighted by molar-refractivity contribution is 5.99. The van der Waals surface area contributed by atoms with Crippen molar-refractivity contribution in [1.29, 1.82) is 0 Å². The summed E-state index contributed by atoms with van der Waals surface area (Å²) < 4.78 is 5.40. The van der Waals surface area contributed by atoms with Gasteiger partial charge in [0.1, 0.15) is 0 Å². The highest BCUT2D eigenvalue weighted by atomic mass is 16.5. The van der Waals surface area contributed by atoms with E-state index in [0.717, 1.165) is 42.9 Å². The number of benzene rings is 1. The molecule has 6 heteroatoms. The van der Waals surface area contributed by atoms with E-state index in [1.165, 1.54) is 0 Å². The van der Waals surface area contributed by atoms with Crippen molar-refractivity contribution in [2.24, 2.45) is 0 Å². The molecule has 1 aliphatic carbocycles. The molecule has 1 aliphatic heterocycles. The Balaban J connectivity index is 1.61. The number of rotatable bonds is 3. The third kappa shape index (κ3) is 2.98. The number of anilines is 2. The van der Waals surface area contributed by atoms with E-state index in [1.807, 2.05) is 43.5 Å². The minimum atomic E-state index is -0.630. The van der Waals surface area contributed by atoms with Crippen molar-refractivity contribution in [1.82, 2.24) is 9.97 Å². The van der Waals surface area contributed by atoms with Gasteiger partial charge in [0.15, 0.2) is 0 Å². The van der Waals surface area contributed by atoms with E-state index < -0.39 is 5.41 Å². The number of hydrogen-bond donors (Lipinski definition) is 1. The summed E-state index contributed by atoms with van der Waals surface area (Å²) in [6.07, 6.45) is 3.47. The summed E-state index contributed by atoms with van der Waals surface area (Å²) in [7, 11) is 0. The van der Waals surface area contributed by atoms with Crippen LogP contribution >= 0.6 is 0 Å². The lowest BCUT2D eigenvalue weighted by Crippen LogP contribution is -2.39. The van der Waals surface area contributed by atoms with Gasteiger partial charge in [-0.2, -0.15) is 0 Å². The van der Waals surface area contributed by atoms with Crippen LogP contribution < -0.4 is 10.2 Å². The van der Waals surface area contributed by atoms with Crippen molar-refractivity contribution in [3.8, 4) is 0 Å². The molecule has 2 aliphatic rings. The first kappa shape index (κ1) is 16.0. The third-order valence-electron chi connectivity index (χ3n) is 5.10. The summed E-state index contributed by atoms with van der Waals surface area (Å²) in [5, 5.41) is 3.03. The number of nitrogens with zero attached hydrogens (tertiary/aromatic N) is 3. The predicted molar refractivity (Wildman–Crippen MR) is 95.8 cm³/mol. The molecule has 4 rings (SSSR count). The predicted octanol–water partition coefficient (Wildman–Crippen LogP) is 2.16. The highest BCUT2D eigenvalue weighted by Gasteiger charge is 2.43. The molecule has 1 aromatic heterocycles. The molecule has 25 heavy (non-hydrogen) atoms. The van der Waals surface area contributed by atoms with Crippen molar-refractivity contribution < 1.29 is 9.53 Å². The molecule has 1 atom stereocenters. The van der Waals surface area contributed by atoms with Crippen LogP contribution in [-0.2, 0) is 21.4 Å². The maximum atomic E-state index is 13.0. The van der Waals surface area contributed by atoms with Crippen molar-refractivity contribution in [2.45, 2.75) is 25.2 Å². The minimum absolute atomic E-state index is 0.0101. The SMILES string of the molecule is CC1(C(=O)Nc2ccccc2)CCc2cnc(N3CCOCC3)nc21. The number of carbonyl (C=O) groups is 1. The van der Waals surface area contributed by atoms with E-state index in [0.29, 0.717) is 19.2 Å². The molecule has 0 saturated carbocycles. The van der Waals surface area contributed by atoms with Crippen LogP contribution in [0, 0.1) is 0 Å². The number of carbonyl (C=O) groups excluding carboxylic acids is 1. The van der Waals surface area contributed by atoms with Crippen LogP contribution in [0.3, 0.4) is 0 Å². The van der Waals surface area contributed by atoms with Crippen molar-refractivity contribution >= 4 is 17.5 Å². The van der Waals surface area contributed by atoms with E-state index >= 15 is 0 Å². The molecule has 0 radical (unpaired) electrons. The Kier molecular flexibility index (Phi) is 4.13. The first-order valence-electron chi connectivity index (χ1n) is 8.72. The van der Waals surface area contributed by atoms with Gasteiger partial charge >= 0.3 is 0 Å². The normalized spacial score (nSPS) is 22.5. The molecule has 1 unspecified atom stereocenters. The zero-order valence-electron chi connectivity index (χ0n) is 14.4. The lowest BCUT2D eigenvalue weighted by Gasteiger charge is -2.28. The zero-order valence-corrected chi connectivity index (χ0v) is 14.4. The molecule has 1 N–H and O–H groups in total. The van der Waals surface area contributed by atoms with Gasteiger partial charge < -0.3 is 15.0 Å². The van der Waals surface area contributed by atoms with Crippen LogP contribution in [0.1, 0.15) is 24.6 Å². The molecule has 1 aromatic carbocycles. The lowest BCUT2D eigenvalue weighted by molar-refractivity contribution is -0.121. The maximum Gasteiger partial charge on any atom is 0.236 e. The summed E-state index contributed by atoms with van der Waals surface area (Å²) in [5.41, 5.74) is 2.11. The van der Waals surface area contributed by atoms with Gasteiger partial charge in [-0.25, -0.2) is 9.97 Å². The van der Waals surface area contributed by atoms with Gasteiger partial charge in [-0.3, -0.25) is 4.79 Å². The number of aryl methyl sites for hydroxylation is 1. The number of morpholine rings is 1. The van der Waals surface area contributed by atoms with Crippen LogP contribution in [0.25, 0.3) is 0 Å². The van der Waals surface area contributed by atoms with E-state index in [2.05, 4.69) is 15.2 Å². The van der Waals surface area contributed by atoms with Crippen molar-refractivity contribution in [2.75, 3.05) is 36.5 Å². The summed E-state index contributed by atoms with van der Waals surface area (Å²) >= 11 is 0. The number of amides is 1. The van der Waals surface area contributed by atoms with Crippen LogP contribution in [0.15, 0.2) is 36.5 Å². The van der Waals surface area contributed by atoms with Gasteiger partial charge in [0, 0.05) is 25.0 Å². The quantitative estimate of drug-likeness (QED) is 0.929. The van der Waals surface area contributed by atoms with Gasteiger partial charge in [0.25, 0.3) is 0 Å². The Labute approximate surface area is 147 Å². The Morgan fingerprint density at radius 1 is 1.24 bits per heavy atom. The maximum absolute atomic E-state index is 13.0. The number of nitrogens with one attached hydrogen (secondary N) is 1. The Bertz CT molecular complexity index is 774. The fraction of sp³-hybridized carbons (Fsp3) is 0.421. The molecular weight excluding hydrogens is 316 g/mol. The Hall–Kier alpha value is -2.47. The second kappa shape index (κ2) is 6.44. The summed E-state index contributed by atoms with van der Waals surface area (Å²) in [4.78, 5) is 24.4. The Morgan fingerprint density at radius 2 is 2.00 bits per heavy atom. The minimum Gasteiger partial charge on any atom is -0.378 e. The first-order valence-corrected chi connectivity index (χ1v) is 8.72. The molecule has 0 spiro atoms. The standard InChI is InChI=1S/C19H22N4O2/c1-19(17(24)21-15-5-3-2-4-6-15)8-7-14-13-20-18(22-16(14)19)23-9-11-25-12-10-23/h2-6,13H,7-12H2,1H3,(H,21,24). The average molecular weight is 338 g/mol. The number of hydrogen-bond acceptors (Lipinski definition) is 5. The molecule has 130 valence electrons. The van der Waals surface area contributed by atoms with Crippen LogP contribution in [0.2, 0.25) is 0 Å². The molecule has 2 aromatic rings. The van der Waals surface area contributed by atoms with Crippen LogP contribution in [0.5, 0.6) is 0 Å². The third-order valence-corrected chi connectivity index (χ3v) is 5.10. The van der Waals surface area contributed by atoms with E-state index in [1.54, 1.807) is 0 Å². The van der Waals surface area contributed by atoms with E-state index in [9.17, 15) is 4.79 Å². The molecule has 1 amide bonds. The fourth-order valence-corrected chi connectivity index (χ4v) is 3.49. The van der Waals surface area contributed by atoms with Crippen molar-refractivity contribution in [3.05, 3.63) is 47.8 Å². The molecule has 6 nitrogen and oxygen atoms in total. The fourth-order valence-electron chi connectivity index (χ4n) is 3.49. The van der Waals surface area contributed by atoms with E-state index in [4.69, 9.17) is 9.72 Å². The van der Waals surface area contributed by atoms with Gasteiger partial charge in [0.2, 0.25) is 11.9 Å². The number of para-hydroxylation sites is 1. The van der Waals surface area contributed by atoms with Gasteiger partial charge in [-0.15, -0.1) is 0 Å². The van der Waals surface area contributed by atoms with Crippen LogP contribution in [0.4, 0.5) is 11.6 Å². The number of aromatic nitrogens is 2. The topological polar surface area (TPSA) is 67.4 Å². The van der Waals surface area contributed by atoms with Gasteiger partial charge in [-0.1, -0.05) is 18.2 Å². The molecule has 1 fully saturated rings. The monoisotopic (exact) mass is 338 g/mol. The Morgan fingerprint density at radius 3 is 2.76 bits per heavy atom. The van der Waals surface area contributed by atoms with Crippen LogP contribution in [-0.4, -0.2) is 42.2 Å². The van der Waals surface area contributed by atoms with Gasteiger partial charge in [0.05, 0.1) is 24.3 Å². The number of ether oxygens (including phenoxy) is 1. The van der Waals surface area contributed by atoms with Gasteiger partial charge in [-0.05, 0) is 37.5 Å². The summed E-state index contributed by atoms with van der Waals surface area (Å²) in [6.45, 7) is 4.92. The number of fused-ring (bicyclic) bond motifs is 1. The smallest absolute Gasteiger partial charge is 0.236 e. The molecule has 0 bridgehead atoms. The summed E-state index contributed by atoms with van der Waals surface area (Å²) in [6, 6.07) is 9.56. The zero-order chi connectivity index (χ0) is 17.3.